The van der Waals surface area contributed by atoms with Gasteiger partial charge in [0.05, 0.1) is 5.69 Å². The van der Waals surface area contributed by atoms with Crippen LogP contribution in [-0.2, 0) is 30.7 Å². The van der Waals surface area contributed by atoms with E-state index in [1.807, 2.05) is 20.8 Å². The van der Waals surface area contributed by atoms with Crippen LogP contribution in [0.3, 0.4) is 0 Å². The molecule has 162 valence electrons. The van der Waals surface area contributed by atoms with Gasteiger partial charge in [-0.25, -0.2) is 9.98 Å². The fraction of sp³-hybridized carbons (Fsp3) is 0.545. The van der Waals surface area contributed by atoms with Gasteiger partial charge in [0.25, 0.3) is 11.8 Å². The third kappa shape index (κ3) is 5.05. The van der Waals surface area contributed by atoms with E-state index in [2.05, 4.69) is 43.7 Å². The van der Waals surface area contributed by atoms with E-state index in [0.717, 1.165) is 43.9 Å². The normalized spacial score (nSPS) is 15.6. The van der Waals surface area contributed by atoms with Crippen LogP contribution >= 0.6 is 11.3 Å². The van der Waals surface area contributed by atoms with E-state index < -0.39 is 11.3 Å². The molecule has 2 aromatic rings. The summed E-state index contributed by atoms with van der Waals surface area (Å²) in [7, 11) is 3.60. The molecule has 0 atom stereocenters. The molecule has 2 aromatic heterocycles. The lowest BCUT2D eigenvalue weighted by Crippen LogP contribution is -2.37. The van der Waals surface area contributed by atoms with Crippen molar-refractivity contribution in [3.63, 3.8) is 0 Å². The summed E-state index contributed by atoms with van der Waals surface area (Å²) in [6.45, 7) is 8.08. The van der Waals surface area contributed by atoms with Crippen molar-refractivity contribution in [2.75, 3.05) is 20.6 Å². The minimum absolute atomic E-state index is 0.221. The number of imidazole rings is 1. The number of amides is 2. The van der Waals surface area contributed by atoms with Gasteiger partial charge in [-0.1, -0.05) is 20.8 Å². The molecule has 0 aliphatic carbocycles. The Morgan fingerprint density at radius 1 is 1.27 bits per heavy atom. The average Bonchev–Trinajstić information content (AvgIpc) is 3.27. The quantitative estimate of drug-likeness (QED) is 0.741. The number of aromatic nitrogens is 2. The first-order valence-corrected chi connectivity index (χ1v) is 11.3. The summed E-state index contributed by atoms with van der Waals surface area (Å²) in [5.41, 5.74) is 2.22. The number of carbonyl (C=O) groups is 2. The van der Waals surface area contributed by atoms with Gasteiger partial charge in [0.2, 0.25) is 0 Å². The van der Waals surface area contributed by atoms with Gasteiger partial charge in [0.15, 0.2) is 5.69 Å². The van der Waals surface area contributed by atoms with Crippen LogP contribution in [0.2, 0.25) is 0 Å². The van der Waals surface area contributed by atoms with Gasteiger partial charge in [-0.3, -0.25) is 9.59 Å². The number of nitrogens with zero attached hydrogens (tertiary/aromatic N) is 4. The van der Waals surface area contributed by atoms with Crippen LogP contribution in [0.15, 0.2) is 21.8 Å². The molecule has 8 heteroatoms. The molecule has 0 fully saturated rings. The maximum absolute atomic E-state index is 13.2. The summed E-state index contributed by atoms with van der Waals surface area (Å²) < 4.78 is 2.19. The Morgan fingerprint density at radius 2 is 2.03 bits per heavy atom. The minimum atomic E-state index is -0.551. The van der Waals surface area contributed by atoms with Crippen molar-refractivity contribution in [2.45, 2.75) is 53.1 Å². The lowest BCUT2D eigenvalue weighted by Gasteiger charge is -2.19. The summed E-state index contributed by atoms with van der Waals surface area (Å²) >= 11 is 1.69. The van der Waals surface area contributed by atoms with Gasteiger partial charge in [0.1, 0.15) is 11.5 Å². The number of hydrogen-bond acceptors (Lipinski definition) is 5. The Bertz CT molecular complexity index is 938. The number of thiophene rings is 1. The predicted molar refractivity (Wildman–Crippen MR) is 120 cm³/mol. The van der Waals surface area contributed by atoms with Crippen LogP contribution in [0.4, 0.5) is 0 Å². The van der Waals surface area contributed by atoms with E-state index in [1.165, 1.54) is 5.56 Å². The Hall–Kier alpha value is -2.32. The summed E-state index contributed by atoms with van der Waals surface area (Å²) in [6, 6.07) is 2.13. The number of hydrogen-bond donors (Lipinski definition) is 1. The van der Waals surface area contributed by atoms with Gasteiger partial charge in [-0.15, -0.1) is 0 Å². The molecule has 7 nitrogen and oxygen atoms in total. The third-order valence-corrected chi connectivity index (χ3v) is 6.01. The van der Waals surface area contributed by atoms with Crippen LogP contribution in [0.25, 0.3) is 0 Å². The fourth-order valence-corrected chi connectivity index (χ4v) is 4.38. The van der Waals surface area contributed by atoms with Crippen LogP contribution < -0.4 is 5.32 Å². The highest BCUT2D eigenvalue weighted by molar-refractivity contribution is 7.07. The van der Waals surface area contributed by atoms with Crippen molar-refractivity contribution >= 4 is 28.9 Å². The monoisotopic (exact) mass is 429 g/mol. The number of rotatable bonds is 5. The second kappa shape index (κ2) is 9.22. The number of aliphatic imine (C=N–C) groups is 1. The topological polar surface area (TPSA) is 79.6 Å². The Kier molecular flexibility index (Phi) is 6.88. The molecule has 1 aliphatic heterocycles. The zero-order chi connectivity index (χ0) is 21.9. The molecule has 1 aliphatic rings. The molecular formula is C22H31N5O2S. The van der Waals surface area contributed by atoms with Crippen molar-refractivity contribution in [3.8, 4) is 0 Å². The third-order valence-electron chi connectivity index (χ3n) is 5.28. The second-order valence-electron chi connectivity index (χ2n) is 8.79. The number of carbonyl (C=O) groups excluding carboxylic acids is 2. The maximum atomic E-state index is 13.2. The van der Waals surface area contributed by atoms with Crippen molar-refractivity contribution in [1.82, 2.24) is 19.8 Å². The zero-order valence-corrected chi connectivity index (χ0v) is 19.3. The Balaban J connectivity index is 1.99. The Morgan fingerprint density at radius 3 is 2.67 bits per heavy atom. The molecule has 3 rings (SSSR count). The molecule has 0 spiro atoms. The first kappa shape index (κ1) is 22.4. The van der Waals surface area contributed by atoms with E-state index in [9.17, 15) is 9.59 Å². The molecule has 0 bridgehead atoms. The van der Waals surface area contributed by atoms with Gasteiger partial charge < -0.3 is 14.8 Å². The highest BCUT2D eigenvalue weighted by Gasteiger charge is 2.29. The molecule has 0 aromatic carbocycles. The SMILES string of the molecule is CNC(=O)C(=NC(=O)c1nc(CCc2ccsc2)n2c1CN(C)CCC2)C(C)(C)C. The van der Waals surface area contributed by atoms with E-state index in [4.69, 9.17) is 4.98 Å². The summed E-state index contributed by atoms with van der Waals surface area (Å²) in [5.74, 6) is 0.141. The molecule has 0 unspecified atom stereocenters. The van der Waals surface area contributed by atoms with Crippen LogP contribution in [0.5, 0.6) is 0 Å². The number of fused-ring (bicyclic) bond motifs is 1. The smallest absolute Gasteiger partial charge is 0.297 e. The summed E-state index contributed by atoms with van der Waals surface area (Å²) in [6.07, 6.45) is 2.66. The lowest BCUT2D eigenvalue weighted by atomic mass is 9.89. The minimum Gasteiger partial charge on any atom is -0.354 e. The van der Waals surface area contributed by atoms with Crippen molar-refractivity contribution < 1.29 is 9.59 Å². The van der Waals surface area contributed by atoms with Crippen molar-refractivity contribution in [1.29, 1.82) is 0 Å². The second-order valence-corrected chi connectivity index (χ2v) is 9.57. The van der Waals surface area contributed by atoms with Crippen LogP contribution in [-0.4, -0.2) is 52.6 Å². The summed E-state index contributed by atoms with van der Waals surface area (Å²) in [5, 5.41) is 6.82. The molecule has 2 amide bonds. The van der Waals surface area contributed by atoms with Crippen LogP contribution in [0, 0.1) is 5.41 Å². The molecule has 0 saturated carbocycles. The average molecular weight is 430 g/mol. The molecule has 0 saturated heterocycles. The van der Waals surface area contributed by atoms with Gasteiger partial charge in [0, 0.05) is 32.0 Å². The number of nitrogens with one attached hydrogen (secondary N) is 1. The van der Waals surface area contributed by atoms with Crippen molar-refractivity contribution in [3.05, 3.63) is 39.6 Å². The molecule has 1 N–H and O–H groups in total. The zero-order valence-electron chi connectivity index (χ0n) is 18.5. The molecular weight excluding hydrogens is 398 g/mol. The highest BCUT2D eigenvalue weighted by atomic mass is 32.1. The summed E-state index contributed by atoms with van der Waals surface area (Å²) in [4.78, 5) is 36.7. The first-order chi connectivity index (χ1) is 14.2. The van der Waals surface area contributed by atoms with E-state index in [-0.39, 0.29) is 11.6 Å². The molecule has 0 radical (unpaired) electrons. The first-order valence-electron chi connectivity index (χ1n) is 10.3. The largest absolute Gasteiger partial charge is 0.354 e. The van der Waals surface area contributed by atoms with Crippen molar-refractivity contribution in [2.24, 2.45) is 10.4 Å². The Labute approximate surface area is 182 Å². The van der Waals surface area contributed by atoms with Gasteiger partial charge in [-0.05, 0) is 48.8 Å². The molecule has 30 heavy (non-hydrogen) atoms. The van der Waals surface area contributed by atoms with E-state index >= 15 is 0 Å². The van der Waals surface area contributed by atoms with E-state index in [0.29, 0.717) is 12.2 Å². The maximum Gasteiger partial charge on any atom is 0.297 e. The predicted octanol–water partition coefficient (Wildman–Crippen LogP) is 2.94. The number of aryl methyl sites for hydroxylation is 2. The fourth-order valence-electron chi connectivity index (χ4n) is 3.68. The van der Waals surface area contributed by atoms with Gasteiger partial charge in [-0.2, -0.15) is 11.3 Å². The molecule has 3 heterocycles. The highest BCUT2D eigenvalue weighted by Crippen LogP contribution is 2.23. The van der Waals surface area contributed by atoms with Gasteiger partial charge >= 0.3 is 0 Å². The van der Waals surface area contributed by atoms with E-state index in [1.54, 1.807) is 18.4 Å². The van der Waals surface area contributed by atoms with Crippen LogP contribution in [0.1, 0.15) is 54.8 Å². The lowest BCUT2D eigenvalue weighted by molar-refractivity contribution is -0.114. The standard InChI is InChI=1S/C22H31N5O2S/c1-22(2,3)19(21(29)23-4)25-20(28)18-16-13-26(5)10-6-11-27(16)17(24-18)8-7-15-9-12-30-14-15/h9,12,14H,6-8,10-11,13H2,1-5H3,(H,23,29).